The van der Waals surface area contributed by atoms with E-state index in [9.17, 15) is 18.4 Å². The highest BCUT2D eigenvalue weighted by atomic mass is 79.9. The van der Waals surface area contributed by atoms with E-state index in [0.717, 1.165) is 0 Å². The van der Waals surface area contributed by atoms with Crippen molar-refractivity contribution in [1.29, 1.82) is 0 Å². The summed E-state index contributed by atoms with van der Waals surface area (Å²) in [6, 6.07) is 2.92. The minimum Gasteiger partial charge on any atom is -0.481 e. The van der Waals surface area contributed by atoms with E-state index >= 15 is 0 Å². The standard InChI is InChI=1S/C26H26BrF2N3O4S/c1-2-36-26(35)23-19(14-32-13-18(29)20(32)6-5-8-22(33)34)30-25(21-7-3-4-11-37-21)31-24(23)16-10-9-15(28)12-17(16)27/h3-4,9-12,18,20,24H,2,5-6,8,13-14H2,1H3,(H,30,31)(H,33,34)/t18?,20?,24-/m0/s1. The molecule has 37 heavy (non-hydrogen) atoms. The number of carboxylic acids is 1. The summed E-state index contributed by atoms with van der Waals surface area (Å²) in [6.45, 7) is 2.22. The Hall–Kier alpha value is -2.72. The van der Waals surface area contributed by atoms with Crippen molar-refractivity contribution in [1.82, 2.24) is 10.2 Å². The lowest BCUT2D eigenvalue weighted by atomic mass is 9.92. The molecule has 0 saturated carbocycles. The molecule has 0 bridgehead atoms. The predicted octanol–water partition coefficient (Wildman–Crippen LogP) is 5.02. The molecule has 1 fully saturated rings. The topological polar surface area (TPSA) is 91.2 Å². The Morgan fingerprint density at radius 1 is 1.41 bits per heavy atom. The molecule has 4 rings (SSSR count). The highest BCUT2D eigenvalue weighted by Crippen LogP contribution is 2.39. The number of hydrogen-bond donors (Lipinski definition) is 2. The molecule has 0 aliphatic carbocycles. The van der Waals surface area contributed by atoms with Crippen molar-refractivity contribution < 1.29 is 28.2 Å². The van der Waals surface area contributed by atoms with Crippen LogP contribution in [0.2, 0.25) is 0 Å². The second-order valence-corrected chi connectivity index (χ2v) is 10.4. The largest absolute Gasteiger partial charge is 0.481 e. The summed E-state index contributed by atoms with van der Waals surface area (Å²) < 4.78 is 34.2. The first-order valence-corrected chi connectivity index (χ1v) is 13.5. The second-order valence-electron chi connectivity index (χ2n) is 8.67. The lowest BCUT2D eigenvalue weighted by Crippen LogP contribution is -2.59. The maximum Gasteiger partial charge on any atom is 0.338 e. The van der Waals surface area contributed by atoms with Crippen LogP contribution >= 0.6 is 27.7 Å². The molecule has 2 N–H and O–H groups in total. The Balaban J connectivity index is 1.73. The van der Waals surface area contributed by atoms with Gasteiger partial charge in [-0.3, -0.25) is 14.7 Å². The van der Waals surface area contributed by atoms with E-state index in [1.54, 1.807) is 19.1 Å². The van der Waals surface area contributed by atoms with Gasteiger partial charge in [0.1, 0.15) is 23.9 Å². The Labute approximate surface area is 226 Å². The highest BCUT2D eigenvalue weighted by molar-refractivity contribution is 9.10. The van der Waals surface area contributed by atoms with Crippen molar-refractivity contribution in [3.05, 3.63) is 73.5 Å². The number of aliphatic imine (C=N–C) groups is 1. The van der Waals surface area contributed by atoms with Gasteiger partial charge in [-0.1, -0.05) is 33.8 Å². The number of aliphatic carboxylic acids is 1. The molecular formula is C26H26BrF2N3O4S. The molecule has 0 aromatic heterocycles. The third-order valence-electron chi connectivity index (χ3n) is 6.22. The molecule has 1 aromatic rings. The molecular weight excluding hydrogens is 568 g/mol. The van der Waals surface area contributed by atoms with E-state index in [1.807, 2.05) is 16.4 Å². The van der Waals surface area contributed by atoms with Crippen molar-refractivity contribution in [3.8, 4) is 0 Å². The number of esters is 1. The Bertz CT molecular complexity index is 1240. The molecule has 3 aliphatic rings. The van der Waals surface area contributed by atoms with Crippen molar-refractivity contribution in [2.75, 3.05) is 19.7 Å². The molecule has 7 nitrogen and oxygen atoms in total. The molecule has 3 aliphatic heterocycles. The fraction of sp³-hybridized carbons (Fsp3) is 0.385. The van der Waals surface area contributed by atoms with Gasteiger partial charge in [0.25, 0.3) is 0 Å². The number of hydrogen-bond acceptors (Lipinski definition) is 7. The zero-order chi connectivity index (χ0) is 26.5. The van der Waals surface area contributed by atoms with Gasteiger partial charge < -0.3 is 15.2 Å². The number of carboxylic acid groups (broad SMARTS) is 1. The first-order chi connectivity index (χ1) is 17.8. The van der Waals surface area contributed by atoms with Gasteiger partial charge in [0.05, 0.1) is 17.1 Å². The molecule has 0 radical (unpaired) electrons. The summed E-state index contributed by atoms with van der Waals surface area (Å²) in [5.41, 5.74) is 4.48. The van der Waals surface area contributed by atoms with Crippen LogP contribution in [0.5, 0.6) is 0 Å². The van der Waals surface area contributed by atoms with Crippen molar-refractivity contribution in [3.63, 3.8) is 0 Å². The molecule has 3 atom stereocenters. The number of benzene rings is 1. The zero-order valence-electron chi connectivity index (χ0n) is 20.0. The number of thioether (sulfide) groups is 1. The molecule has 0 spiro atoms. The van der Waals surface area contributed by atoms with Gasteiger partial charge in [-0.15, -0.1) is 5.73 Å². The smallest absolute Gasteiger partial charge is 0.338 e. The summed E-state index contributed by atoms with van der Waals surface area (Å²) in [7, 11) is 0. The maximum atomic E-state index is 14.5. The monoisotopic (exact) mass is 593 g/mol. The average Bonchev–Trinajstić information content (AvgIpc) is 2.86. The predicted molar refractivity (Wildman–Crippen MR) is 141 cm³/mol. The van der Waals surface area contributed by atoms with E-state index < -0.39 is 36.0 Å². The lowest BCUT2D eigenvalue weighted by Gasteiger charge is -2.45. The van der Waals surface area contributed by atoms with Crippen molar-refractivity contribution >= 4 is 45.5 Å². The van der Waals surface area contributed by atoms with Crippen LogP contribution in [-0.2, 0) is 14.3 Å². The molecule has 3 heterocycles. The van der Waals surface area contributed by atoms with E-state index in [4.69, 9.17) is 14.8 Å². The van der Waals surface area contributed by atoms with Gasteiger partial charge in [-0.2, -0.15) is 0 Å². The number of ether oxygens (including phenoxy) is 1. The number of amidine groups is 1. The highest BCUT2D eigenvalue weighted by Gasteiger charge is 2.41. The van der Waals surface area contributed by atoms with Crippen LogP contribution in [0.15, 0.2) is 67.1 Å². The van der Waals surface area contributed by atoms with Crippen molar-refractivity contribution in [2.45, 2.75) is 44.4 Å². The molecule has 1 saturated heterocycles. The number of likely N-dealkylation sites (tertiary alicyclic amines) is 1. The lowest BCUT2D eigenvalue weighted by molar-refractivity contribution is -0.139. The number of nitrogens with one attached hydrogen (secondary N) is 1. The summed E-state index contributed by atoms with van der Waals surface area (Å²) >= 11 is 4.82. The van der Waals surface area contributed by atoms with E-state index in [1.165, 1.54) is 23.9 Å². The molecule has 1 aromatic carbocycles. The van der Waals surface area contributed by atoms with Gasteiger partial charge in [0.15, 0.2) is 0 Å². The summed E-state index contributed by atoms with van der Waals surface area (Å²) in [5, 5.41) is 14.1. The quantitative estimate of drug-likeness (QED) is 0.290. The molecule has 2 unspecified atom stereocenters. The number of allylic oxidation sites excluding steroid dienone is 1. The Kier molecular flexibility index (Phi) is 9.02. The molecule has 0 amide bonds. The number of nitrogens with zero attached hydrogens (tertiary/aromatic N) is 2. The van der Waals surface area contributed by atoms with Gasteiger partial charge in [-0.25, -0.2) is 13.6 Å². The minimum atomic E-state index is -1.08. The second kappa shape index (κ2) is 12.2. The maximum absolute atomic E-state index is 14.5. The number of carbonyl (C=O) groups is 2. The summed E-state index contributed by atoms with van der Waals surface area (Å²) in [5.74, 6) is -1.45. The van der Waals surface area contributed by atoms with E-state index in [-0.39, 0.29) is 31.7 Å². The van der Waals surface area contributed by atoms with Crippen LogP contribution < -0.4 is 5.32 Å². The van der Waals surface area contributed by atoms with Crippen molar-refractivity contribution in [2.24, 2.45) is 4.99 Å². The number of alkyl halides is 1. The third-order valence-corrected chi connectivity index (χ3v) is 7.74. The van der Waals surface area contributed by atoms with Crippen LogP contribution in [0, 0.1) is 5.82 Å². The van der Waals surface area contributed by atoms with Gasteiger partial charge in [-0.05, 0) is 55.0 Å². The van der Waals surface area contributed by atoms with E-state index in [0.29, 0.717) is 39.3 Å². The van der Waals surface area contributed by atoms with Gasteiger partial charge in [0.2, 0.25) is 0 Å². The van der Waals surface area contributed by atoms with E-state index in [2.05, 4.69) is 27.0 Å². The van der Waals surface area contributed by atoms with Crippen LogP contribution in [0.1, 0.15) is 37.8 Å². The summed E-state index contributed by atoms with van der Waals surface area (Å²) in [6.07, 6.45) is 3.23. The van der Waals surface area contributed by atoms with Crippen LogP contribution in [0.25, 0.3) is 0 Å². The number of carbonyl (C=O) groups excluding carboxylic acids is 1. The summed E-state index contributed by atoms with van der Waals surface area (Å²) in [4.78, 5) is 31.6. The molecule has 196 valence electrons. The van der Waals surface area contributed by atoms with Crippen LogP contribution in [-0.4, -0.2) is 59.7 Å². The Morgan fingerprint density at radius 3 is 2.86 bits per heavy atom. The van der Waals surface area contributed by atoms with Gasteiger partial charge >= 0.3 is 11.9 Å². The van der Waals surface area contributed by atoms with Crippen LogP contribution in [0.4, 0.5) is 8.78 Å². The zero-order valence-corrected chi connectivity index (χ0v) is 22.4. The van der Waals surface area contributed by atoms with Gasteiger partial charge in [0, 0.05) is 35.7 Å². The average molecular weight is 594 g/mol. The normalized spacial score (nSPS) is 23.2. The Morgan fingerprint density at radius 2 is 2.22 bits per heavy atom. The molecule has 11 heteroatoms. The fourth-order valence-corrected chi connectivity index (χ4v) is 5.66. The number of rotatable bonds is 10. The first-order valence-electron chi connectivity index (χ1n) is 11.9. The minimum absolute atomic E-state index is 0.0330. The third kappa shape index (κ3) is 6.41. The van der Waals surface area contributed by atoms with Crippen LogP contribution in [0.3, 0.4) is 0 Å². The first kappa shape index (κ1) is 27.3. The number of halogens is 3. The fourth-order valence-electron chi connectivity index (χ4n) is 4.44. The SMILES string of the molecule is CCOC(=O)C1=C(CN2CC(F)C2CCCC(=O)O)NC(C2=C=CC=CS2)=N[C@H]1c1ccc(F)cc1Br.